The number of carbonyl (C=O) groups excluding carboxylic acids is 1. The smallest absolute Gasteiger partial charge is 0.193 e. The van der Waals surface area contributed by atoms with E-state index in [2.05, 4.69) is 22.0 Å². The predicted octanol–water partition coefficient (Wildman–Crippen LogP) is 4.78. The van der Waals surface area contributed by atoms with Crippen molar-refractivity contribution >= 4 is 21.7 Å². The molecule has 0 N–H and O–H groups in total. The molecule has 2 aromatic rings. The van der Waals surface area contributed by atoms with Crippen LogP contribution in [-0.4, -0.2) is 17.7 Å². The molecule has 3 heteroatoms. The first-order chi connectivity index (χ1) is 10.7. The monoisotopic (exact) mass is 358 g/mol. The van der Waals surface area contributed by atoms with Gasteiger partial charge in [-0.05, 0) is 18.6 Å². The first-order valence-corrected chi connectivity index (χ1v) is 8.31. The zero-order valence-electron chi connectivity index (χ0n) is 12.6. The summed E-state index contributed by atoms with van der Waals surface area (Å²) in [5.74, 6) is 0.0396. The van der Waals surface area contributed by atoms with E-state index in [0.29, 0.717) is 24.3 Å². The summed E-state index contributed by atoms with van der Waals surface area (Å²) in [6.07, 6.45) is 2.08. The molecule has 0 bridgehead atoms. The Morgan fingerprint density at radius 2 is 1.82 bits per heavy atom. The molecule has 22 heavy (non-hydrogen) atoms. The molecule has 0 aliphatic rings. The Balaban J connectivity index is 2.01. The van der Waals surface area contributed by atoms with Crippen molar-refractivity contribution < 1.29 is 9.53 Å². The molecule has 0 aliphatic heterocycles. The number of carbonyl (C=O) groups is 1. The van der Waals surface area contributed by atoms with Gasteiger partial charge in [0.2, 0.25) is 0 Å². The third-order valence-corrected chi connectivity index (χ3v) is 3.57. The lowest BCUT2D eigenvalue weighted by Crippen LogP contribution is -2.03. The van der Waals surface area contributed by atoms with Crippen molar-refractivity contribution in [3.63, 3.8) is 0 Å². The van der Waals surface area contributed by atoms with Crippen LogP contribution < -0.4 is 0 Å². The van der Waals surface area contributed by atoms with Gasteiger partial charge in [0.15, 0.2) is 5.78 Å². The van der Waals surface area contributed by atoms with Crippen LogP contribution in [0.3, 0.4) is 0 Å². The lowest BCUT2D eigenvalue weighted by atomic mass is 10.0. The topological polar surface area (TPSA) is 26.3 Å². The van der Waals surface area contributed by atoms with Crippen LogP contribution in [0, 0.1) is 0 Å². The Hall–Kier alpha value is -1.71. The maximum absolute atomic E-state index is 12.4. The minimum atomic E-state index is 0.0396. The Bertz CT molecular complexity index is 647. The van der Waals surface area contributed by atoms with Crippen molar-refractivity contribution in [2.24, 2.45) is 0 Å². The van der Waals surface area contributed by atoms with Crippen molar-refractivity contribution in [1.82, 2.24) is 0 Å². The molecular formula is C19H19BrO2. The molecule has 0 saturated carbocycles. The number of ether oxygens (including phenoxy) is 1. The largest absolute Gasteiger partial charge is 0.372 e. The highest BCUT2D eigenvalue weighted by molar-refractivity contribution is 9.09. The van der Waals surface area contributed by atoms with Crippen LogP contribution in [0.1, 0.15) is 28.4 Å². The number of rotatable bonds is 7. The fourth-order valence-corrected chi connectivity index (χ4v) is 2.63. The third kappa shape index (κ3) is 4.93. The summed E-state index contributed by atoms with van der Waals surface area (Å²) in [5, 5.41) is 0.837. The highest BCUT2D eigenvalue weighted by atomic mass is 79.9. The third-order valence-electron chi connectivity index (χ3n) is 3.25. The van der Waals surface area contributed by atoms with E-state index < -0.39 is 0 Å². The fraction of sp³-hybridized carbons (Fsp3) is 0.211. The number of hydrogen-bond acceptors (Lipinski definition) is 2. The molecule has 0 atom stereocenters. The van der Waals surface area contributed by atoms with Gasteiger partial charge in [-0.15, -0.1) is 0 Å². The van der Waals surface area contributed by atoms with E-state index in [1.807, 2.05) is 61.5 Å². The molecule has 0 aromatic heterocycles. The van der Waals surface area contributed by atoms with Crippen LogP contribution in [0.4, 0.5) is 0 Å². The van der Waals surface area contributed by atoms with Gasteiger partial charge in [-0.1, -0.05) is 76.1 Å². The minimum absolute atomic E-state index is 0.0396. The molecule has 0 aliphatic carbocycles. The lowest BCUT2D eigenvalue weighted by Gasteiger charge is -2.07. The highest BCUT2D eigenvalue weighted by Gasteiger charge is 2.08. The molecule has 2 rings (SSSR count). The van der Waals surface area contributed by atoms with Crippen LogP contribution in [0.5, 0.6) is 0 Å². The number of alkyl halides is 1. The van der Waals surface area contributed by atoms with Crippen molar-refractivity contribution in [1.29, 1.82) is 0 Å². The van der Waals surface area contributed by atoms with Gasteiger partial charge in [0, 0.05) is 16.5 Å². The first kappa shape index (κ1) is 16.7. The molecule has 0 fully saturated rings. The predicted molar refractivity (Wildman–Crippen MR) is 93.5 cm³/mol. The van der Waals surface area contributed by atoms with Crippen LogP contribution in [0.2, 0.25) is 0 Å². The second-order valence-electron chi connectivity index (χ2n) is 5.09. The van der Waals surface area contributed by atoms with Crippen LogP contribution >= 0.6 is 15.9 Å². The van der Waals surface area contributed by atoms with Gasteiger partial charge in [-0.3, -0.25) is 4.79 Å². The quantitative estimate of drug-likeness (QED) is 0.404. The van der Waals surface area contributed by atoms with Crippen molar-refractivity contribution in [3.05, 3.63) is 82.9 Å². The fourth-order valence-electron chi connectivity index (χ4n) is 2.08. The molecule has 2 nitrogen and oxygen atoms in total. The zero-order chi connectivity index (χ0) is 15.8. The van der Waals surface area contributed by atoms with E-state index in [4.69, 9.17) is 4.74 Å². The van der Waals surface area contributed by atoms with Gasteiger partial charge >= 0.3 is 0 Å². The summed E-state index contributed by atoms with van der Waals surface area (Å²) in [6, 6.07) is 16.9. The van der Waals surface area contributed by atoms with Gasteiger partial charge in [0.1, 0.15) is 0 Å². The number of ketones is 1. The molecule has 0 heterocycles. The molecule has 0 unspecified atom stereocenters. The van der Waals surface area contributed by atoms with E-state index >= 15 is 0 Å². The van der Waals surface area contributed by atoms with E-state index in [-0.39, 0.29) is 5.78 Å². The lowest BCUT2D eigenvalue weighted by molar-refractivity contribution is 0.103. The summed E-state index contributed by atoms with van der Waals surface area (Å²) in [7, 11) is 0. The van der Waals surface area contributed by atoms with E-state index in [1.54, 1.807) is 0 Å². The Labute approximate surface area is 139 Å². The summed E-state index contributed by atoms with van der Waals surface area (Å²) in [4.78, 5) is 12.4. The van der Waals surface area contributed by atoms with Crippen LogP contribution in [-0.2, 0) is 11.3 Å². The van der Waals surface area contributed by atoms with Gasteiger partial charge < -0.3 is 4.74 Å². The summed E-state index contributed by atoms with van der Waals surface area (Å²) < 4.78 is 5.67. The van der Waals surface area contributed by atoms with Crippen molar-refractivity contribution in [2.45, 2.75) is 13.5 Å². The number of hydrogen-bond donors (Lipinski definition) is 0. The molecule has 2 aromatic carbocycles. The molecule has 114 valence electrons. The van der Waals surface area contributed by atoms with Crippen LogP contribution in [0.25, 0.3) is 0 Å². The van der Waals surface area contributed by atoms with Crippen molar-refractivity contribution in [2.75, 3.05) is 11.9 Å². The van der Waals surface area contributed by atoms with E-state index in [0.717, 1.165) is 10.9 Å². The number of allylic oxidation sites excluding steroid dienone is 1. The van der Waals surface area contributed by atoms with E-state index in [9.17, 15) is 4.79 Å². The maximum atomic E-state index is 12.4. The van der Waals surface area contributed by atoms with Gasteiger partial charge in [0.25, 0.3) is 0 Å². The Kier molecular flexibility index (Phi) is 6.56. The molecule has 0 radical (unpaired) electrons. The number of halogens is 1. The van der Waals surface area contributed by atoms with Gasteiger partial charge in [-0.25, -0.2) is 0 Å². The second kappa shape index (κ2) is 8.66. The minimum Gasteiger partial charge on any atom is -0.372 e. The average molecular weight is 359 g/mol. The normalized spacial score (nSPS) is 11.5. The molecular weight excluding hydrogens is 340 g/mol. The van der Waals surface area contributed by atoms with E-state index in [1.165, 1.54) is 5.57 Å². The molecule has 0 spiro atoms. The SMILES string of the molecule is C/C(=C\CBr)COCc1cccc(C(=O)c2ccccc2)c1. The maximum Gasteiger partial charge on any atom is 0.193 e. The Morgan fingerprint density at radius 1 is 1.09 bits per heavy atom. The zero-order valence-corrected chi connectivity index (χ0v) is 14.2. The van der Waals surface area contributed by atoms with Crippen molar-refractivity contribution in [3.8, 4) is 0 Å². The number of benzene rings is 2. The van der Waals surface area contributed by atoms with Gasteiger partial charge in [0.05, 0.1) is 13.2 Å². The molecule has 0 saturated heterocycles. The summed E-state index contributed by atoms with van der Waals surface area (Å²) in [6.45, 7) is 3.14. The Morgan fingerprint density at radius 3 is 2.55 bits per heavy atom. The summed E-state index contributed by atoms with van der Waals surface area (Å²) >= 11 is 3.37. The second-order valence-corrected chi connectivity index (χ2v) is 5.74. The highest BCUT2D eigenvalue weighted by Crippen LogP contribution is 2.13. The summed E-state index contributed by atoms with van der Waals surface area (Å²) in [5.41, 5.74) is 3.60. The van der Waals surface area contributed by atoms with Gasteiger partial charge in [-0.2, -0.15) is 0 Å². The average Bonchev–Trinajstić information content (AvgIpc) is 2.55. The first-order valence-electron chi connectivity index (χ1n) is 7.18. The standard InChI is InChI=1S/C19H19BrO2/c1-15(10-11-20)13-22-14-16-6-5-9-18(12-16)19(21)17-7-3-2-4-8-17/h2-10,12H,11,13-14H2,1H3/b15-10+. The molecule has 0 amide bonds. The van der Waals surface area contributed by atoms with Crippen LogP contribution in [0.15, 0.2) is 66.2 Å².